The van der Waals surface area contributed by atoms with E-state index in [-0.39, 0.29) is 45.9 Å². The van der Waals surface area contributed by atoms with Crippen molar-refractivity contribution in [1.82, 2.24) is 9.47 Å². The number of nitrogens with zero attached hydrogens (tertiary/aromatic N) is 2. The van der Waals surface area contributed by atoms with Crippen molar-refractivity contribution in [2.45, 2.75) is 53.5 Å². The van der Waals surface area contributed by atoms with E-state index in [1.165, 1.54) is 10.6 Å². The van der Waals surface area contributed by atoms with Gasteiger partial charge in [-0.3, -0.25) is 14.2 Å². The van der Waals surface area contributed by atoms with Gasteiger partial charge in [0.25, 0.3) is 11.5 Å². The molecule has 0 aliphatic heterocycles. The van der Waals surface area contributed by atoms with Crippen LogP contribution in [-0.2, 0) is 7.05 Å². The summed E-state index contributed by atoms with van der Waals surface area (Å²) in [5.74, 6) is -0.0763. The predicted molar refractivity (Wildman–Crippen MR) is 143 cm³/mol. The van der Waals surface area contributed by atoms with Crippen LogP contribution in [0, 0.1) is 26.6 Å². The van der Waals surface area contributed by atoms with Crippen LogP contribution in [0.4, 0.5) is 21.6 Å². The van der Waals surface area contributed by atoms with Crippen LogP contribution in [0.1, 0.15) is 53.7 Å². The molecule has 0 saturated heterocycles. The highest BCUT2D eigenvalue weighted by atomic mass is 19.1. The van der Waals surface area contributed by atoms with Gasteiger partial charge in [0, 0.05) is 31.4 Å². The number of hydrogen-bond acceptors (Lipinski definition) is 5. The van der Waals surface area contributed by atoms with E-state index in [4.69, 9.17) is 10.5 Å². The molecule has 36 heavy (non-hydrogen) atoms. The number of halogens is 1. The predicted octanol–water partition coefficient (Wildman–Crippen LogP) is 5.83. The first-order valence-corrected chi connectivity index (χ1v) is 12.2. The highest BCUT2D eigenvalue weighted by molar-refractivity contribution is 6.03. The van der Waals surface area contributed by atoms with Gasteiger partial charge in [0.15, 0.2) is 5.75 Å². The number of anilines is 3. The molecule has 0 atom stereocenters. The third-order valence-corrected chi connectivity index (χ3v) is 6.31. The monoisotopic (exact) mass is 494 g/mol. The molecule has 2 aromatic carbocycles. The maximum Gasteiger partial charge on any atom is 0.261 e. The second-order valence-electron chi connectivity index (χ2n) is 8.87. The second kappa shape index (κ2) is 10.8. The van der Waals surface area contributed by atoms with Crippen LogP contribution >= 0.6 is 0 Å². The molecule has 4 rings (SSSR count). The Bertz CT molecular complexity index is 1350. The lowest BCUT2D eigenvalue weighted by atomic mass is 10.1. The van der Waals surface area contributed by atoms with E-state index in [9.17, 15) is 14.0 Å². The summed E-state index contributed by atoms with van der Waals surface area (Å²) >= 11 is 0. The van der Waals surface area contributed by atoms with Crippen LogP contribution in [0.5, 0.6) is 11.5 Å². The topological polar surface area (TPSA) is 89.6 Å². The van der Waals surface area contributed by atoms with E-state index < -0.39 is 5.82 Å². The smallest absolute Gasteiger partial charge is 0.261 e. The third kappa shape index (κ3) is 5.22. The third-order valence-electron chi connectivity index (χ3n) is 6.31. The molecule has 0 spiro atoms. The molecule has 7 nitrogen and oxygen atoms in total. The number of hydrogen-bond donors (Lipinski definition) is 2. The van der Waals surface area contributed by atoms with Crippen molar-refractivity contribution < 1.29 is 13.9 Å². The number of ether oxygens (including phenoxy) is 1. The fourth-order valence-corrected chi connectivity index (χ4v) is 3.89. The van der Waals surface area contributed by atoms with Gasteiger partial charge < -0.3 is 20.7 Å². The molecule has 1 heterocycles. The first kappa shape index (κ1) is 26.8. The molecule has 1 aliphatic carbocycles. The molecule has 1 aromatic heterocycles. The van der Waals surface area contributed by atoms with Gasteiger partial charge in [0.2, 0.25) is 0 Å². The molecule has 192 valence electrons. The summed E-state index contributed by atoms with van der Waals surface area (Å²) in [5.41, 5.74) is 8.24. The van der Waals surface area contributed by atoms with Crippen molar-refractivity contribution in [2.24, 2.45) is 7.05 Å². The number of carbonyl (C=O) groups is 1. The number of rotatable bonds is 6. The highest BCUT2D eigenvalue weighted by Gasteiger charge is 2.35. The first-order chi connectivity index (χ1) is 17.1. The quantitative estimate of drug-likeness (QED) is 0.421. The Morgan fingerprint density at radius 3 is 2.42 bits per heavy atom. The van der Waals surface area contributed by atoms with Gasteiger partial charge in [-0.05, 0) is 63.4 Å². The van der Waals surface area contributed by atoms with E-state index in [2.05, 4.69) is 5.32 Å². The molecule has 8 heteroatoms. The second-order valence-corrected chi connectivity index (χ2v) is 8.87. The molecule has 1 amide bonds. The summed E-state index contributed by atoms with van der Waals surface area (Å²) < 4.78 is 22.3. The number of benzene rings is 2. The Kier molecular flexibility index (Phi) is 8.07. The maximum absolute atomic E-state index is 14.7. The lowest BCUT2D eigenvalue weighted by molar-refractivity contribution is 0.0782. The molecular formula is C28H35FN4O3. The molecule has 0 unspecified atom stereocenters. The number of nitrogens with one attached hydrogen (secondary N) is 1. The Labute approximate surface area is 211 Å². The SMILES string of the molecule is CC.Cc1ccc(Nc2c(C(=O)N(C)C3CC3)c(Oc3cccc(N)c3C)c(C)c(=O)n2C)c(F)c1. The van der Waals surface area contributed by atoms with Crippen molar-refractivity contribution in [2.75, 3.05) is 18.1 Å². The van der Waals surface area contributed by atoms with Crippen LogP contribution in [0.25, 0.3) is 0 Å². The van der Waals surface area contributed by atoms with E-state index in [1.54, 1.807) is 70.1 Å². The Balaban J connectivity index is 0.00000176. The number of aromatic nitrogens is 1. The van der Waals surface area contributed by atoms with Gasteiger partial charge in [-0.25, -0.2) is 4.39 Å². The van der Waals surface area contributed by atoms with Crippen LogP contribution in [0.2, 0.25) is 0 Å². The van der Waals surface area contributed by atoms with Crippen LogP contribution in [0.15, 0.2) is 41.2 Å². The fraction of sp³-hybridized carbons (Fsp3) is 0.357. The van der Waals surface area contributed by atoms with Gasteiger partial charge in [-0.1, -0.05) is 26.0 Å². The van der Waals surface area contributed by atoms with Crippen molar-refractivity contribution >= 4 is 23.1 Å². The molecule has 1 aliphatic rings. The maximum atomic E-state index is 14.7. The van der Waals surface area contributed by atoms with Crippen molar-refractivity contribution in [3.63, 3.8) is 0 Å². The summed E-state index contributed by atoms with van der Waals surface area (Å²) in [6.45, 7) is 9.21. The standard InChI is InChI=1S/C26H29FN4O3.C2H6/c1-14-9-12-20(18(27)13-14)29-24-22(26(33)30(4)17-10-11-17)23(16(3)25(32)31(24)5)34-21-8-6-7-19(28)15(21)2;1-2/h6-9,12-13,17,29H,10-11,28H2,1-5H3;1-2H3. The van der Waals surface area contributed by atoms with Gasteiger partial charge in [0.05, 0.1) is 11.3 Å². The Morgan fingerprint density at radius 1 is 1.14 bits per heavy atom. The van der Waals surface area contributed by atoms with E-state index in [0.29, 0.717) is 17.0 Å². The molecule has 0 radical (unpaired) electrons. The Hall–Kier alpha value is -3.81. The molecule has 1 saturated carbocycles. The van der Waals surface area contributed by atoms with Gasteiger partial charge in [-0.2, -0.15) is 0 Å². The van der Waals surface area contributed by atoms with Crippen molar-refractivity contribution in [3.05, 3.63) is 74.8 Å². The van der Waals surface area contributed by atoms with E-state index in [1.807, 2.05) is 13.8 Å². The molecular weight excluding hydrogens is 459 g/mol. The number of nitrogen functional groups attached to an aromatic ring is 1. The minimum Gasteiger partial charge on any atom is -0.456 e. The molecule has 1 fully saturated rings. The van der Waals surface area contributed by atoms with Crippen LogP contribution in [0.3, 0.4) is 0 Å². The Morgan fingerprint density at radius 2 is 1.81 bits per heavy atom. The van der Waals surface area contributed by atoms with Gasteiger partial charge in [-0.15, -0.1) is 0 Å². The van der Waals surface area contributed by atoms with Gasteiger partial charge in [0.1, 0.15) is 22.9 Å². The summed E-state index contributed by atoms with van der Waals surface area (Å²) in [6.07, 6.45) is 1.82. The average Bonchev–Trinajstić information content (AvgIpc) is 3.71. The number of amides is 1. The van der Waals surface area contributed by atoms with Gasteiger partial charge >= 0.3 is 0 Å². The number of aryl methyl sites for hydroxylation is 1. The van der Waals surface area contributed by atoms with E-state index in [0.717, 1.165) is 18.4 Å². The minimum absolute atomic E-state index is 0.121. The number of carbonyl (C=O) groups excluding carboxylic acids is 1. The van der Waals surface area contributed by atoms with Crippen molar-refractivity contribution in [1.29, 1.82) is 0 Å². The fourth-order valence-electron chi connectivity index (χ4n) is 3.89. The minimum atomic E-state index is -0.490. The number of pyridine rings is 1. The molecule has 0 bridgehead atoms. The average molecular weight is 495 g/mol. The zero-order chi connectivity index (χ0) is 26.7. The number of nitrogens with two attached hydrogens (primary N) is 1. The molecule has 3 N–H and O–H groups in total. The van der Waals surface area contributed by atoms with E-state index >= 15 is 0 Å². The summed E-state index contributed by atoms with van der Waals surface area (Å²) in [4.78, 5) is 28.5. The lowest BCUT2D eigenvalue weighted by Crippen LogP contribution is -2.33. The zero-order valence-corrected chi connectivity index (χ0v) is 22.0. The largest absolute Gasteiger partial charge is 0.456 e. The highest BCUT2D eigenvalue weighted by Crippen LogP contribution is 2.38. The summed E-state index contributed by atoms with van der Waals surface area (Å²) in [6, 6.07) is 10.1. The molecule has 3 aromatic rings. The zero-order valence-electron chi connectivity index (χ0n) is 22.0. The van der Waals surface area contributed by atoms with Crippen molar-refractivity contribution in [3.8, 4) is 11.5 Å². The normalized spacial score (nSPS) is 12.4. The van der Waals surface area contributed by atoms with Crippen LogP contribution < -0.4 is 21.3 Å². The first-order valence-electron chi connectivity index (χ1n) is 12.2. The lowest BCUT2D eigenvalue weighted by Gasteiger charge is -2.25. The summed E-state index contributed by atoms with van der Waals surface area (Å²) in [5, 5.41) is 2.99. The summed E-state index contributed by atoms with van der Waals surface area (Å²) in [7, 11) is 3.28. The van der Waals surface area contributed by atoms with Crippen LogP contribution in [-0.4, -0.2) is 28.5 Å².